The van der Waals surface area contributed by atoms with Crippen LogP contribution in [0, 0.1) is 6.92 Å². The molecule has 0 aliphatic rings. The molecule has 0 unspecified atom stereocenters. The normalized spacial score (nSPS) is 11.4. The van der Waals surface area contributed by atoms with Crippen molar-refractivity contribution in [1.82, 2.24) is 5.32 Å². The van der Waals surface area contributed by atoms with E-state index in [1.165, 1.54) is 29.6 Å². The van der Waals surface area contributed by atoms with Gasteiger partial charge in [-0.25, -0.2) is 4.79 Å². The van der Waals surface area contributed by atoms with Gasteiger partial charge in [0.2, 0.25) is 0 Å². The highest BCUT2D eigenvalue weighted by molar-refractivity contribution is 7.12. The zero-order valence-corrected chi connectivity index (χ0v) is 19.2. The highest BCUT2D eigenvalue weighted by Crippen LogP contribution is 2.28. The molecule has 0 spiro atoms. The summed E-state index contributed by atoms with van der Waals surface area (Å²) in [7, 11) is 7.06. The van der Waals surface area contributed by atoms with E-state index in [0.29, 0.717) is 28.2 Å². The van der Waals surface area contributed by atoms with Crippen molar-refractivity contribution in [2.24, 2.45) is 0 Å². The molecule has 0 aliphatic carbocycles. The minimum absolute atomic E-state index is 0.128. The van der Waals surface area contributed by atoms with Gasteiger partial charge in [-0.15, -0.1) is 11.3 Å². The van der Waals surface area contributed by atoms with Crippen LogP contribution in [0.1, 0.15) is 26.4 Å². The summed E-state index contributed by atoms with van der Waals surface area (Å²) in [5.74, 6) is -0.563. The lowest BCUT2D eigenvalue weighted by atomic mass is 10.1. The van der Waals surface area contributed by atoms with Crippen LogP contribution in [0.4, 0.5) is 5.69 Å². The SMILES string of the molecule is COCc1ccccc1CNCC[N+](C)(C)CC(=O)Nc1c(C)csc1C(=O)OC. The molecule has 7 nitrogen and oxygen atoms in total. The molecule has 0 fully saturated rings. The van der Waals surface area contributed by atoms with Crippen molar-refractivity contribution < 1.29 is 23.5 Å². The lowest BCUT2D eigenvalue weighted by Gasteiger charge is -2.29. The maximum atomic E-state index is 12.6. The monoisotopic (exact) mass is 434 g/mol. The topological polar surface area (TPSA) is 76.7 Å². The number of ether oxygens (including phenoxy) is 2. The Morgan fingerprint density at radius 1 is 1.13 bits per heavy atom. The molecule has 8 heteroatoms. The summed E-state index contributed by atoms with van der Waals surface area (Å²) in [6, 6.07) is 8.20. The van der Waals surface area contributed by atoms with Gasteiger partial charge in [0.15, 0.2) is 6.54 Å². The Labute approximate surface area is 182 Å². The van der Waals surface area contributed by atoms with Crippen molar-refractivity contribution in [1.29, 1.82) is 0 Å². The number of hydrogen-bond acceptors (Lipinski definition) is 6. The first kappa shape index (κ1) is 24.0. The minimum Gasteiger partial charge on any atom is -0.465 e. The van der Waals surface area contributed by atoms with Crippen LogP contribution >= 0.6 is 11.3 Å². The second kappa shape index (κ2) is 11.2. The first-order valence-corrected chi connectivity index (χ1v) is 10.7. The Morgan fingerprint density at radius 3 is 2.50 bits per heavy atom. The van der Waals surface area contributed by atoms with Crippen molar-refractivity contribution in [2.45, 2.75) is 20.1 Å². The van der Waals surface area contributed by atoms with Crippen molar-refractivity contribution in [2.75, 3.05) is 53.3 Å². The summed E-state index contributed by atoms with van der Waals surface area (Å²) in [6.07, 6.45) is 0. The molecular weight excluding hydrogens is 402 g/mol. The number of anilines is 1. The first-order chi connectivity index (χ1) is 14.3. The van der Waals surface area contributed by atoms with E-state index in [2.05, 4.69) is 22.8 Å². The van der Waals surface area contributed by atoms with Crippen molar-refractivity contribution in [3.05, 3.63) is 51.2 Å². The van der Waals surface area contributed by atoms with E-state index in [0.717, 1.165) is 25.2 Å². The van der Waals surface area contributed by atoms with Crippen LogP contribution in [0.2, 0.25) is 0 Å². The minimum atomic E-state index is -0.435. The molecule has 164 valence electrons. The molecule has 0 saturated heterocycles. The zero-order chi connectivity index (χ0) is 22.1. The maximum Gasteiger partial charge on any atom is 0.350 e. The second-order valence-electron chi connectivity index (χ2n) is 7.86. The number of thiophene rings is 1. The zero-order valence-electron chi connectivity index (χ0n) is 18.4. The number of aryl methyl sites for hydroxylation is 1. The molecule has 0 radical (unpaired) electrons. The number of nitrogens with zero attached hydrogens (tertiary/aromatic N) is 1. The predicted octanol–water partition coefficient (Wildman–Crippen LogP) is 2.79. The Hall–Kier alpha value is -2.26. The van der Waals surface area contributed by atoms with E-state index < -0.39 is 5.97 Å². The molecule has 30 heavy (non-hydrogen) atoms. The third kappa shape index (κ3) is 6.91. The number of rotatable bonds is 11. The lowest BCUT2D eigenvalue weighted by Crippen LogP contribution is -2.49. The van der Waals surface area contributed by atoms with Gasteiger partial charge < -0.3 is 24.6 Å². The van der Waals surface area contributed by atoms with Crippen LogP contribution in [0.15, 0.2) is 29.6 Å². The van der Waals surface area contributed by atoms with E-state index in [1.54, 1.807) is 7.11 Å². The Bertz CT molecular complexity index is 864. The summed E-state index contributed by atoms with van der Waals surface area (Å²) in [5.41, 5.74) is 3.79. The largest absolute Gasteiger partial charge is 0.465 e. The molecule has 1 amide bonds. The summed E-state index contributed by atoms with van der Waals surface area (Å²) >= 11 is 1.27. The van der Waals surface area contributed by atoms with Gasteiger partial charge in [0.1, 0.15) is 4.88 Å². The van der Waals surface area contributed by atoms with Crippen molar-refractivity contribution in [3.63, 3.8) is 0 Å². The number of amides is 1. The second-order valence-corrected chi connectivity index (χ2v) is 8.74. The van der Waals surface area contributed by atoms with Gasteiger partial charge in [0.05, 0.1) is 40.0 Å². The fourth-order valence-electron chi connectivity index (χ4n) is 3.12. The smallest absolute Gasteiger partial charge is 0.350 e. The van der Waals surface area contributed by atoms with E-state index in [9.17, 15) is 9.59 Å². The van der Waals surface area contributed by atoms with Gasteiger partial charge in [-0.2, -0.15) is 0 Å². The average molecular weight is 435 g/mol. The maximum absolute atomic E-state index is 12.6. The van der Waals surface area contributed by atoms with Gasteiger partial charge in [-0.3, -0.25) is 4.79 Å². The van der Waals surface area contributed by atoms with Gasteiger partial charge in [0, 0.05) is 20.2 Å². The Balaban J connectivity index is 1.85. The predicted molar refractivity (Wildman–Crippen MR) is 120 cm³/mol. The van der Waals surface area contributed by atoms with Crippen LogP contribution in [-0.4, -0.2) is 64.3 Å². The number of benzene rings is 1. The van der Waals surface area contributed by atoms with Gasteiger partial charge in [-0.1, -0.05) is 24.3 Å². The summed E-state index contributed by atoms with van der Waals surface area (Å²) in [4.78, 5) is 24.9. The van der Waals surface area contributed by atoms with Gasteiger partial charge in [0.25, 0.3) is 5.91 Å². The fraction of sp³-hybridized carbons (Fsp3) is 0.455. The standard InChI is InChI=1S/C22H31N3O4S/c1-16-15-30-21(22(27)29-5)20(16)24-19(26)13-25(2,3)11-10-23-12-17-8-6-7-9-18(17)14-28-4/h6-9,15,23H,10-14H2,1-5H3/p+1. The van der Waals surface area contributed by atoms with Crippen molar-refractivity contribution >= 4 is 28.9 Å². The molecular formula is C22H32N3O4S+. The molecule has 1 heterocycles. The van der Waals surface area contributed by atoms with E-state index in [1.807, 2.05) is 38.5 Å². The third-order valence-electron chi connectivity index (χ3n) is 4.81. The number of likely N-dealkylation sites (N-methyl/N-ethyl adjacent to an activating group) is 1. The number of esters is 1. The number of carbonyl (C=O) groups excluding carboxylic acids is 2. The Kier molecular flexibility index (Phi) is 8.98. The molecule has 0 bridgehead atoms. The quantitative estimate of drug-likeness (QED) is 0.323. The number of carbonyl (C=O) groups is 2. The molecule has 2 N–H and O–H groups in total. The molecule has 1 aromatic heterocycles. The first-order valence-electron chi connectivity index (χ1n) is 9.82. The van der Waals surface area contributed by atoms with Gasteiger partial charge >= 0.3 is 5.97 Å². The molecule has 0 saturated carbocycles. The highest BCUT2D eigenvalue weighted by Gasteiger charge is 2.23. The van der Waals surface area contributed by atoms with E-state index in [4.69, 9.17) is 9.47 Å². The lowest BCUT2D eigenvalue weighted by molar-refractivity contribution is -0.881. The summed E-state index contributed by atoms with van der Waals surface area (Å²) in [5, 5.41) is 8.18. The van der Waals surface area contributed by atoms with Gasteiger partial charge in [-0.05, 0) is 29.0 Å². The van der Waals surface area contributed by atoms with Crippen LogP contribution in [0.5, 0.6) is 0 Å². The van der Waals surface area contributed by atoms with Crippen LogP contribution < -0.4 is 10.6 Å². The molecule has 1 aromatic carbocycles. The summed E-state index contributed by atoms with van der Waals surface area (Å²) < 4.78 is 10.6. The van der Waals surface area contributed by atoms with Crippen molar-refractivity contribution in [3.8, 4) is 0 Å². The number of methoxy groups -OCH3 is 2. The molecule has 0 atom stereocenters. The third-order valence-corrected chi connectivity index (χ3v) is 5.89. The van der Waals surface area contributed by atoms with Crippen LogP contribution in [0.3, 0.4) is 0 Å². The van der Waals surface area contributed by atoms with E-state index in [-0.39, 0.29) is 5.91 Å². The molecule has 2 rings (SSSR count). The highest BCUT2D eigenvalue weighted by atomic mass is 32.1. The average Bonchev–Trinajstić information content (AvgIpc) is 3.06. The number of hydrogen-bond donors (Lipinski definition) is 2. The summed E-state index contributed by atoms with van der Waals surface area (Å²) in [6.45, 7) is 5.07. The van der Waals surface area contributed by atoms with Crippen LogP contribution in [0.25, 0.3) is 0 Å². The van der Waals surface area contributed by atoms with Crippen LogP contribution in [-0.2, 0) is 27.4 Å². The molecule has 2 aromatic rings. The van der Waals surface area contributed by atoms with E-state index >= 15 is 0 Å². The molecule has 0 aliphatic heterocycles. The number of quaternary nitrogens is 1. The fourth-order valence-corrected chi connectivity index (χ4v) is 4.04. The Morgan fingerprint density at radius 2 is 1.83 bits per heavy atom. The number of nitrogens with one attached hydrogen (secondary N) is 2.